The summed E-state index contributed by atoms with van der Waals surface area (Å²) in [6.07, 6.45) is 2.66. The molecule has 2 aromatic rings. The van der Waals surface area contributed by atoms with Crippen molar-refractivity contribution >= 4 is 29.1 Å². The van der Waals surface area contributed by atoms with Gasteiger partial charge in [0.05, 0.1) is 11.2 Å². The highest BCUT2D eigenvalue weighted by atomic mass is 19.1. The van der Waals surface area contributed by atoms with E-state index >= 15 is 0 Å². The van der Waals surface area contributed by atoms with Crippen LogP contribution >= 0.6 is 0 Å². The summed E-state index contributed by atoms with van der Waals surface area (Å²) in [6.45, 7) is 1.68. The molecule has 0 aromatic heterocycles. The first-order chi connectivity index (χ1) is 16.8. The molecule has 3 heterocycles. The molecule has 0 saturated carbocycles. The molecular weight excluding hydrogens is 454 g/mol. The molecule has 7 nitrogen and oxygen atoms in total. The number of hydrogen-bond acceptors (Lipinski definition) is 4. The van der Waals surface area contributed by atoms with E-state index in [1.807, 2.05) is 7.05 Å². The van der Waals surface area contributed by atoms with Crippen molar-refractivity contribution in [3.05, 3.63) is 59.2 Å². The van der Waals surface area contributed by atoms with Gasteiger partial charge in [-0.15, -0.1) is 0 Å². The van der Waals surface area contributed by atoms with Gasteiger partial charge in [0.25, 0.3) is 0 Å². The number of carbonyl (C=O) groups excluding carboxylic acids is 3. The number of nitrogens with one attached hydrogen (secondary N) is 1. The van der Waals surface area contributed by atoms with E-state index in [4.69, 9.17) is 0 Å². The highest BCUT2D eigenvalue weighted by Crippen LogP contribution is 2.42. The van der Waals surface area contributed by atoms with Crippen molar-refractivity contribution in [1.82, 2.24) is 10.2 Å². The van der Waals surface area contributed by atoms with E-state index in [1.54, 1.807) is 23.1 Å². The fraction of sp³-hybridized carbons (Fsp3) is 0.423. The smallest absolute Gasteiger partial charge is 0.317 e. The maximum atomic E-state index is 14.3. The highest BCUT2D eigenvalue weighted by molar-refractivity contribution is 6.04. The topological polar surface area (TPSA) is 73.0 Å². The van der Waals surface area contributed by atoms with Crippen molar-refractivity contribution in [2.24, 2.45) is 0 Å². The van der Waals surface area contributed by atoms with E-state index in [9.17, 15) is 23.2 Å². The lowest BCUT2D eigenvalue weighted by molar-refractivity contribution is -0.117. The summed E-state index contributed by atoms with van der Waals surface area (Å²) in [5.74, 6) is -1.04. The lowest BCUT2D eigenvalue weighted by Crippen LogP contribution is -2.59. The summed E-state index contributed by atoms with van der Waals surface area (Å²) in [6, 6.07) is 8.63. The van der Waals surface area contributed by atoms with Crippen molar-refractivity contribution in [3.8, 4) is 0 Å². The van der Waals surface area contributed by atoms with Gasteiger partial charge >= 0.3 is 6.03 Å². The highest BCUT2D eigenvalue weighted by Gasteiger charge is 2.45. The summed E-state index contributed by atoms with van der Waals surface area (Å²) < 4.78 is 27.9. The van der Waals surface area contributed by atoms with Crippen molar-refractivity contribution < 1.29 is 23.2 Å². The first-order valence-corrected chi connectivity index (χ1v) is 12.0. The number of piperidine rings is 1. The average Bonchev–Trinajstić information content (AvgIpc) is 3.28. The summed E-state index contributed by atoms with van der Waals surface area (Å²) in [5, 5.41) is 2.89. The number of rotatable bonds is 3. The summed E-state index contributed by atoms with van der Waals surface area (Å²) in [7, 11) is 1.93. The Morgan fingerprint density at radius 3 is 2.51 bits per heavy atom. The standard InChI is InChI=1S/C26H28F2N4O3/c1-30-21-7-5-18(27)14-19(21)23(33)15-26(30)8-11-31(12-9-26)25(35)29-16-17-4-6-20(28)22(13-17)32-10-2-3-24(32)34/h4-7,13-14H,2-3,8-12,15-16H2,1H3,(H,29,35). The van der Waals surface area contributed by atoms with E-state index < -0.39 is 17.2 Å². The van der Waals surface area contributed by atoms with E-state index in [1.165, 1.54) is 23.1 Å². The second-order valence-electron chi connectivity index (χ2n) is 9.63. The maximum Gasteiger partial charge on any atom is 0.317 e. The molecule has 0 bridgehead atoms. The zero-order valence-electron chi connectivity index (χ0n) is 19.7. The number of nitrogens with zero attached hydrogens (tertiary/aromatic N) is 3. The van der Waals surface area contributed by atoms with Gasteiger partial charge in [-0.2, -0.15) is 0 Å². The number of carbonyl (C=O) groups is 3. The number of hydrogen-bond donors (Lipinski definition) is 1. The average molecular weight is 483 g/mol. The minimum atomic E-state index is -0.452. The largest absolute Gasteiger partial charge is 0.368 e. The molecule has 2 fully saturated rings. The van der Waals surface area contributed by atoms with E-state index in [0.29, 0.717) is 62.9 Å². The van der Waals surface area contributed by atoms with Crippen molar-refractivity contribution in [1.29, 1.82) is 0 Å². The minimum Gasteiger partial charge on any atom is -0.368 e. The number of halogens is 2. The van der Waals surface area contributed by atoms with E-state index in [-0.39, 0.29) is 30.0 Å². The van der Waals surface area contributed by atoms with Gasteiger partial charge < -0.3 is 20.0 Å². The quantitative estimate of drug-likeness (QED) is 0.721. The third-order valence-electron chi connectivity index (χ3n) is 7.62. The van der Waals surface area contributed by atoms with Gasteiger partial charge in [-0.3, -0.25) is 9.59 Å². The van der Waals surface area contributed by atoms with Gasteiger partial charge in [-0.1, -0.05) is 6.07 Å². The molecule has 0 atom stereocenters. The zero-order chi connectivity index (χ0) is 24.7. The van der Waals surface area contributed by atoms with Crippen LogP contribution in [0.2, 0.25) is 0 Å². The Hall–Kier alpha value is -3.49. The van der Waals surface area contributed by atoms with Crippen LogP contribution in [-0.4, -0.2) is 54.8 Å². The summed E-state index contributed by atoms with van der Waals surface area (Å²) >= 11 is 0. The second kappa shape index (κ2) is 8.94. The Bertz CT molecular complexity index is 1190. The maximum absolute atomic E-state index is 14.3. The molecule has 3 aliphatic rings. The van der Waals surface area contributed by atoms with Gasteiger partial charge in [0.15, 0.2) is 5.78 Å². The SMILES string of the molecule is CN1c2ccc(F)cc2C(=O)CC12CCN(C(=O)NCc1ccc(F)c(N3CCCC3=O)c1)CC2. The Morgan fingerprint density at radius 2 is 1.80 bits per heavy atom. The van der Waals surface area contributed by atoms with Crippen LogP contribution in [0, 0.1) is 11.6 Å². The number of urea groups is 1. The minimum absolute atomic E-state index is 0.0703. The predicted octanol–water partition coefficient (Wildman–Crippen LogP) is 3.86. The van der Waals surface area contributed by atoms with Gasteiger partial charge in [0.2, 0.25) is 5.91 Å². The van der Waals surface area contributed by atoms with Gasteiger partial charge in [0, 0.05) is 57.3 Å². The Labute approximate surface area is 202 Å². The fourth-order valence-electron chi connectivity index (χ4n) is 5.50. The van der Waals surface area contributed by atoms with Gasteiger partial charge in [0.1, 0.15) is 11.6 Å². The van der Waals surface area contributed by atoms with Crippen molar-refractivity contribution in [2.75, 3.05) is 36.5 Å². The normalized spacial score (nSPS) is 19.3. The molecule has 1 spiro atoms. The summed E-state index contributed by atoms with van der Waals surface area (Å²) in [5.41, 5.74) is 1.71. The molecule has 9 heteroatoms. The monoisotopic (exact) mass is 482 g/mol. The van der Waals surface area contributed by atoms with E-state index in [0.717, 1.165) is 5.69 Å². The number of ketones is 1. The Balaban J connectivity index is 1.21. The van der Waals surface area contributed by atoms with Crippen LogP contribution in [0.25, 0.3) is 0 Å². The molecule has 1 N–H and O–H groups in total. The molecule has 0 unspecified atom stereocenters. The van der Waals surface area contributed by atoms with Crippen molar-refractivity contribution in [3.63, 3.8) is 0 Å². The van der Waals surface area contributed by atoms with Crippen molar-refractivity contribution in [2.45, 2.75) is 44.2 Å². The first-order valence-electron chi connectivity index (χ1n) is 12.0. The number of Topliss-reactive ketones (excluding diaryl/α,β-unsaturated/α-hetero) is 1. The van der Waals surface area contributed by atoms with Crippen LogP contribution in [0.1, 0.15) is 48.0 Å². The number of fused-ring (bicyclic) bond motifs is 1. The lowest BCUT2D eigenvalue weighted by atomic mass is 9.77. The number of anilines is 2. The van der Waals surface area contributed by atoms with Gasteiger partial charge in [-0.25, -0.2) is 13.6 Å². The molecule has 184 valence electrons. The first kappa shape index (κ1) is 23.3. The second-order valence-corrected chi connectivity index (χ2v) is 9.63. The van der Waals surface area contributed by atoms with Crippen LogP contribution in [0.5, 0.6) is 0 Å². The van der Waals surface area contributed by atoms with Crippen LogP contribution in [-0.2, 0) is 11.3 Å². The molecule has 0 aliphatic carbocycles. The summed E-state index contributed by atoms with van der Waals surface area (Å²) in [4.78, 5) is 42.9. The number of benzene rings is 2. The van der Waals surface area contributed by atoms with Crippen LogP contribution in [0.4, 0.5) is 25.0 Å². The Morgan fingerprint density at radius 1 is 1.03 bits per heavy atom. The molecule has 3 aliphatic heterocycles. The molecular formula is C26H28F2N4O3. The Kier molecular flexibility index (Phi) is 5.94. The molecule has 5 rings (SSSR count). The van der Waals surface area contributed by atoms with E-state index in [2.05, 4.69) is 10.2 Å². The molecule has 2 aromatic carbocycles. The fourth-order valence-corrected chi connectivity index (χ4v) is 5.50. The van der Waals surface area contributed by atoms with Crippen LogP contribution in [0.15, 0.2) is 36.4 Å². The van der Waals surface area contributed by atoms with Crippen LogP contribution in [0.3, 0.4) is 0 Å². The molecule has 2 saturated heterocycles. The third kappa shape index (κ3) is 4.24. The lowest BCUT2D eigenvalue weighted by Gasteiger charge is -2.50. The predicted molar refractivity (Wildman–Crippen MR) is 128 cm³/mol. The third-order valence-corrected chi connectivity index (χ3v) is 7.62. The molecule has 35 heavy (non-hydrogen) atoms. The zero-order valence-corrected chi connectivity index (χ0v) is 19.7. The number of amides is 3. The molecule has 0 radical (unpaired) electrons. The number of likely N-dealkylation sites (tertiary alicyclic amines) is 1. The molecule has 3 amide bonds. The van der Waals surface area contributed by atoms with Crippen LogP contribution < -0.4 is 15.1 Å². The van der Waals surface area contributed by atoms with Gasteiger partial charge in [-0.05, 0) is 55.2 Å².